The minimum Gasteiger partial charge on any atom is -0.465 e. The number of rotatable bonds is 13. The van der Waals surface area contributed by atoms with Crippen molar-refractivity contribution >= 4 is 24.0 Å². The Morgan fingerprint density at radius 3 is 2.39 bits per heavy atom. The van der Waals surface area contributed by atoms with Crippen molar-refractivity contribution in [1.29, 1.82) is 0 Å². The fourth-order valence-electron chi connectivity index (χ4n) is 5.38. The number of hydrogen-bond donors (Lipinski definition) is 4. The van der Waals surface area contributed by atoms with E-state index in [2.05, 4.69) is 31.0 Å². The summed E-state index contributed by atoms with van der Waals surface area (Å²) in [6, 6.07) is -0.303. The van der Waals surface area contributed by atoms with Gasteiger partial charge in [-0.25, -0.2) is 23.9 Å². The van der Waals surface area contributed by atoms with Crippen molar-refractivity contribution in [3.8, 4) is 11.3 Å². The molecular formula is C30H45FN8O5. The third-order valence-corrected chi connectivity index (χ3v) is 7.86. The zero-order valence-electron chi connectivity index (χ0n) is 26.1. The van der Waals surface area contributed by atoms with E-state index in [9.17, 15) is 23.9 Å². The summed E-state index contributed by atoms with van der Waals surface area (Å²) < 4.78 is 21.8. The number of aromatic nitrogens is 4. The number of hydrogen-bond acceptors (Lipinski definition) is 8. The van der Waals surface area contributed by atoms with Crippen LogP contribution in [0.15, 0.2) is 12.4 Å². The Morgan fingerprint density at radius 2 is 1.75 bits per heavy atom. The van der Waals surface area contributed by atoms with Gasteiger partial charge < -0.3 is 25.8 Å². The molecule has 0 unspecified atom stereocenters. The minimum atomic E-state index is -1.14. The van der Waals surface area contributed by atoms with E-state index < -0.39 is 23.6 Å². The Morgan fingerprint density at radius 1 is 1.07 bits per heavy atom. The van der Waals surface area contributed by atoms with Gasteiger partial charge in [-0.2, -0.15) is 5.10 Å². The number of unbranched alkanes of at least 4 members (excludes halogenated alkanes) is 1. The number of carbonyl (C=O) groups is 3. The number of aryl methyl sites for hydroxylation is 1. The molecule has 2 aromatic rings. The molecule has 2 saturated carbocycles. The summed E-state index contributed by atoms with van der Waals surface area (Å²) in [5, 5.41) is 22.9. The van der Waals surface area contributed by atoms with Crippen LogP contribution in [0.25, 0.3) is 11.3 Å². The van der Waals surface area contributed by atoms with Crippen molar-refractivity contribution in [2.75, 3.05) is 25.0 Å². The maximum absolute atomic E-state index is 14.8. The van der Waals surface area contributed by atoms with Gasteiger partial charge in [-0.1, -0.05) is 0 Å². The van der Waals surface area contributed by atoms with Gasteiger partial charge in [0.05, 0.1) is 12.4 Å². The second-order valence-electron chi connectivity index (χ2n) is 12.7. The average Bonchev–Trinajstić information content (AvgIpc) is 3.71. The summed E-state index contributed by atoms with van der Waals surface area (Å²) in [6.07, 6.45) is 8.09. The molecule has 0 aliphatic heterocycles. The zero-order chi connectivity index (χ0) is 31.9. The van der Waals surface area contributed by atoms with E-state index in [0.29, 0.717) is 69.0 Å². The van der Waals surface area contributed by atoms with Gasteiger partial charge in [0.25, 0.3) is 0 Å². The van der Waals surface area contributed by atoms with Crippen molar-refractivity contribution in [2.24, 2.45) is 13.0 Å². The monoisotopic (exact) mass is 616 g/mol. The van der Waals surface area contributed by atoms with Gasteiger partial charge in [-0.3, -0.25) is 14.4 Å². The Bertz CT molecular complexity index is 1300. The fraction of sp³-hybridized carbons (Fsp3) is 0.667. The Kier molecular flexibility index (Phi) is 11.0. The molecule has 4 rings (SSSR count). The highest BCUT2D eigenvalue weighted by atomic mass is 19.1. The third kappa shape index (κ3) is 9.78. The first-order valence-electron chi connectivity index (χ1n) is 15.4. The molecular weight excluding hydrogens is 571 g/mol. The number of nitrogens with zero attached hydrogens (tertiary/aromatic N) is 5. The smallest absolute Gasteiger partial charge is 0.408 e. The molecule has 3 amide bonds. The fourth-order valence-corrected chi connectivity index (χ4v) is 5.38. The van der Waals surface area contributed by atoms with Crippen LogP contribution in [0.5, 0.6) is 0 Å². The van der Waals surface area contributed by atoms with Crippen LogP contribution < -0.4 is 16.0 Å². The Labute approximate surface area is 257 Å². The molecule has 0 atom stereocenters. The van der Waals surface area contributed by atoms with Gasteiger partial charge in [0, 0.05) is 43.5 Å². The quantitative estimate of drug-likeness (QED) is 0.243. The second kappa shape index (κ2) is 14.7. The van der Waals surface area contributed by atoms with Crippen molar-refractivity contribution in [1.82, 2.24) is 35.3 Å². The van der Waals surface area contributed by atoms with Gasteiger partial charge in [-0.15, -0.1) is 0 Å². The summed E-state index contributed by atoms with van der Waals surface area (Å²) >= 11 is 0. The maximum Gasteiger partial charge on any atom is 0.408 e. The van der Waals surface area contributed by atoms with Gasteiger partial charge in [0.2, 0.25) is 11.9 Å². The number of alkyl carbamates (subject to hydrolysis) is 1. The predicted octanol–water partition coefficient (Wildman–Crippen LogP) is 4.09. The lowest BCUT2D eigenvalue weighted by atomic mass is 9.90. The van der Waals surface area contributed by atoms with Gasteiger partial charge >= 0.3 is 12.2 Å². The average molecular weight is 617 g/mol. The number of carboxylic acid groups (broad SMARTS) is 1. The molecule has 0 aromatic carbocycles. The van der Waals surface area contributed by atoms with E-state index in [1.165, 1.54) is 23.9 Å². The summed E-state index contributed by atoms with van der Waals surface area (Å²) in [5.74, 6) is 0.0634. The van der Waals surface area contributed by atoms with Crippen LogP contribution in [-0.4, -0.2) is 85.2 Å². The van der Waals surface area contributed by atoms with Gasteiger partial charge in [-0.05, 0) is 84.5 Å². The molecule has 44 heavy (non-hydrogen) atoms. The highest BCUT2D eigenvalue weighted by Gasteiger charge is 2.31. The van der Waals surface area contributed by atoms with E-state index >= 15 is 0 Å². The van der Waals surface area contributed by atoms with Crippen LogP contribution in [0.2, 0.25) is 0 Å². The highest BCUT2D eigenvalue weighted by molar-refractivity contribution is 5.81. The van der Waals surface area contributed by atoms with Crippen molar-refractivity contribution < 1.29 is 28.6 Å². The first-order valence-corrected chi connectivity index (χ1v) is 15.4. The second-order valence-corrected chi connectivity index (χ2v) is 12.7. The normalized spacial score (nSPS) is 18.4. The van der Waals surface area contributed by atoms with Crippen LogP contribution in [0, 0.1) is 11.7 Å². The van der Waals surface area contributed by atoms with Gasteiger partial charge in [0.15, 0.2) is 5.82 Å². The molecule has 0 radical (unpaired) electrons. The lowest BCUT2D eigenvalue weighted by Crippen LogP contribution is -2.48. The van der Waals surface area contributed by atoms with Crippen LogP contribution in [0.3, 0.4) is 0 Å². The maximum atomic E-state index is 14.8. The number of carbonyl (C=O) groups excluding carboxylic acids is 2. The standard InChI is InChI=1S/C30H45FN8O5/c1-30(2,3)44-28(41)33-14-6-5-13-32-25(40)18-39(29(42)43)21-11-9-20(10-12-21)36-27-34-17-23(31)26(37-27)22-16-35-38(4)24(22)15-19-7-8-19/h16-17,19-21H,5-15,18H2,1-4H3,(H,32,40)(H,33,41)(H,42,43)(H,34,36,37)/t20-,21-. The van der Waals surface area contributed by atoms with E-state index in [-0.39, 0.29) is 30.2 Å². The molecule has 2 aromatic heterocycles. The number of anilines is 1. The van der Waals surface area contributed by atoms with E-state index in [0.717, 1.165) is 12.1 Å². The molecule has 2 aliphatic rings. The molecule has 2 heterocycles. The van der Waals surface area contributed by atoms with Crippen LogP contribution in [0.4, 0.5) is 19.9 Å². The molecule has 2 aliphatic carbocycles. The first-order chi connectivity index (χ1) is 20.9. The zero-order valence-corrected chi connectivity index (χ0v) is 26.1. The number of ether oxygens (including phenoxy) is 1. The van der Waals surface area contributed by atoms with E-state index in [1.807, 2.05) is 7.05 Å². The summed E-state index contributed by atoms with van der Waals surface area (Å²) in [4.78, 5) is 46.0. The lowest BCUT2D eigenvalue weighted by molar-refractivity contribution is -0.122. The van der Waals surface area contributed by atoms with Crippen LogP contribution in [-0.2, 0) is 23.0 Å². The molecule has 2 fully saturated rings. The van der Waals surface area contributed by atoms with Gasteiger partial charge in [0.1, 0.15) is 17.8 Å². The van der Waals surface area contributed by atoms with E-state index in [4.69, 9.17) is 4.74 Å². The lowest BCUT2D eigenvalue weighted by Gasteiger charge is -2.35. The summed E-state index contributed by atoms with van der Waals surface area (Å²) in [7, 11) is 1.86. The molecule has 0 spiro atoms. The third-order valence-electron chi connectivity index (χ3n) is 7.86. The molecule has 4 N–H and O–H groups in total. The molecule has 14 heteroatoms. The topological polar surface area (TPSA) is 164 Å². The first kappa shape index (κ1) is 32.9. The Hall–Kier alpha value is -3.97. The minimum absolute atomic E-state index is 0.0110. The largest absolute Gasteiger partial charge is 0.465 e. The number of amides is 3. The molecule has 242 valence electrons. The highest BCUT2D eigenvalue weighted by Crippen LogP contribution is 2.36. The summed E-state index contributed by atoms with van der Waals surface area (Å²) in [5.41, 5.74) is 1.30. The number of nitrogens with one attached hydrogen (secondary N) is 3. The SMILES string of the molecule is Cn1ncc(-c2nc(N[C@H]3CC[C@H](N(CC(=O)NCCCCNC(=O)OC(C)(C)C)C(=O)O)CC3)ncc2F)c1CC1CC1. The summed E-state index contributed by atoms with van der Waals surface area (Å²) in [6.45, 7) is 5.92. The van der Waals surface area contributed by atoms with Crippen LogP contribution in [0.1, 0.15) is 77.8 Å². The van der Waals surface area contributed by atoms with E-state index in [1.54, 1.807) is 31.6 Å². The van der Waals surface area contributed by atoms with Crippen molar-refractivity contribution in [2.45, 2.75) is 96.2 Å². The molecule has 0 bridgehead atoms. The molecule has 13 nitrogen and oxygen atoms in total. The predicted molar refractivity (Wildman–Crippen MR) is 161 cm³/mol. The molecule has 0 saturated heterocycles. The number of halogens is 1. The van der Waals surface area contributed by atoms with Crippen molar-refractivity contribution in [3.05, 3.63) is 23.9 Å². The van der Waals surface area contributed by atoms with Crippen molar-refractivity contribution in [3.63, 3.8) is 0 Å². The van der Waals surface area contributed by atoms with Crippen LogP contribution >= 0.6 is 0 Å². The Balaban J connectivity index is 1.21.